The Labute approximate surface area is 88.8 Å². The zero-order valence-corrected chi connectivity index (χ0v) is 10.9. The molecule has 0 saturated carbocycles. The van der Waals surface area contributed by atoms with Crippen molar-refractivity contribution >= 4 is 7.06 Å². The van der Waals surface area contributed by atoms with Crippen molar-refractivity contribution < 1.29 is 9.79 Å². The van der Waals surface area contributed by atoms with Gasteiger partial charge in [-0.1, -0.05) is 0 Å². The van der Waals surface area contributed by atoms with Gasteiger partial charge in [-0.3, -0.25) is 0 Å². The van der Waals surface area contributed by atoms with Crippen molar-refractivity contribution in [3.63, 3.8) is 0 Å². The Morgan fingerprint density at radius 3 is 1.71 bits per heavy atom. The third-order valence-corrected chi connectivity index (χ3v) is 7.51. The predicted octanol–water partition coefficient (Wildman–Crippen LogP) is 3.36. The van der Waals surface area contributed by atoms with Gasteiger partial charge in [-0.25, -0.2) is 0 Å². The second-order valence-electron chi connectivity index (χ2n) is 4.38. The van der Waals surface area contributed by atoms with Crippen LogP contribution in [0.3, 0.4) is 0 Å². The third-order valence-electron chi connectivity index (χ3n) is 3.24. The first-order valence-electron chi connectivity index (χ1n) is 5.97. The summed E-state index contributed by atoms with van der Waals surface area (Å²) in [6, 6.07) is 0. The molecule has 0 saturated heterocycles. The third kappa shape index (κ3) is 5.29. The Bertz CT molecular complexity index is 149. The average molecular weight is 222 g/mol. The normalized spacial score (nSPS) is 15.1. The van der Waals surface area contributed by atoms with Gasteiger partial charge in [-0.2, -0.15) is 0 Å². The van der Waals surface area contributed by atoms with Crippen LogP contribution in [0.1, 0.15) is 52.9 Å². The summed E-state index contributed by atoms with van der Waals surface area (Å²) < 4.78 is 0. The molecule has 0 radical (unpaired) electrons. The topological polar surface area (TPSA) is 40.5 Å². The predicted molar refractivity (Wildman–Crippen MR) is 66.1 cm³/mol. The van der Waals surface area contributed by atoms with Crippen LogP contribution < -0.4 is 0 Å². The van der Waals surface area contributed by atoms with E-state index in [-0.39, 0.29) is 0 Å². The second kappa shape index (κ2) is 6.05. The number of hydrogen-bond acceptors (Lipinski definition) is 2. The molecule has 0 heterocycles. The van der Waals surface area contributed by atoms with Crippen molar-refractivity contribution in [3.8, 4) is 0 Å². The maximum absolute atomic E-state index is 10.1. The minimum absolute atomic E-state index is 0.551. The van der Waals surface area contributed by atoms with Gasteiger partial charge in [-0.05, 0) is 0 Å². The number of hydrogen-bond donors (Lipinski definition) is 2. The SMILES string of the molecule is CCCCCCCP(O)(O)(CC)CC. The van der Waals surface area contributed by atoms with Gasteiger partial charge in [-0.15, -0.1) is 0 Å². The first-order chi connectivity index (χ1) is 6.46. The Balaban J connectivity index is 3.74. The van der Waals surface area contributed by atoms with E-state index in [1.54, 1.807) is 0 Å². The van der Waals surface area contributed by atoms with Crippen molar-refractivity contribution in [3.05, 3.63) is 0 Å². The number of rotatable bonds is 8. The maximum atomic E-state index is 10.1. The molecule has 14 heavy (non-hydrogen) atoms. The summed E-state index contributed by atoms with van der Waals surface area (Å²) in [5, 5.41) is 0. The summed E-state index contributed by atoms with van der Waals surface area (Å²) in [6.45, 7) is 5.98. The molecule has 0 aromatic rings. The molecule has 2 N–H and O–H groups in total. The van der Waals surface area contributed by atoms with Crippen LogP contribution in [-0.4, -0.2) is 28.3 Å². The molecule has 0 bridgehead atoms. The van der Waals surface area contributed by atoms with Gasteiger partial charge in [0.2, 0.25) is 0 Å². The first-order valence-corrected chi connectivity index (χ1v) is 8.67. The van der Waals surface area contributed by atoms with Crippen molar-refractivity contribution in [2.24, 2.45) is 0 Å². The van der Waals surface area contributed by atoms with Crippen LogP contribution in [0.15, 0.2) is 0 Å². The van der Waals surface area contributed by atoms with Crippen molar-refractivity contribution in [2.45, 2.75) is 52.9 Å². The van der Waals surface area contributed by atoms with Crippen LogP contribution in [0.25, 0.3) is 0 Å². The summed E-state index contributed by atoms with van der Waals surface area (Å²) in [4.78, 5) is 20.3. The Morgan fingerprint density at radius 2 is 1.29 bits per heavy atom. The number of unbranched alkanes of at least 4 members (excludes halogenated alkanes) is 4. The molecule has 0 amide bonds. The molecular weight excluding hydrogens is 195 g/mol. The van der Waals surface area contributed by atoms with E-state index < -0.39 is 7.06 Å². The van der Waals surface area contributed by atoms with Crippen molar-refractivity contribution in [2.75, 3.05) is 18.5 Å². The van der Waals surface area contributed by atoms with Crippen molar-refractivity contribution in [1.82, 2.24) is 0 Å². The monoisotopic (exact) mass is 222 g/mol. The standard InChI is InChI=1S/C11H27O2P/c1-4-7-8-9-10-11-14(12,13,5-2)6-3/h12-13H,4-11H2,1-3H3. The summed E-state index contributed by atoms with van der Waals surface area (Å²) in [5.41, 5.74) is 0. The summed E-state index contributed by atoms with van der Waals surface area (Å²) in [7, 11) is -3.22. The van der Waals surface area contributed by atoms with E-state index in [2.05, 4.69) is 6.92 Å². The van der Waals surface area contributed by atoms with Crippen LogP contribution in [0, 0.1) is 0 Å². The molecule has 0 aromatic carbocycles. The van der Waals surface area contributed by atoms with E-state index in [1.165, 1.54) is 19.3 Å². The molecule has 0 aliphatic carbocycles. The Kier molecular flexibility index (Phi) is 6.20. The van der Waals surface area contributed by atoms with Crippen LogP contribution in [0.4, 0.5) is 0 Å². The molecule has 0 fully saturated rings. The molecule has 0 aliphatic rings. The van der Waals surface area contributed by atoms with Crippen LogP contribution in [0.2, 0.25) is 0 Å². The van der Waals surface area contributed by atoms with Gasteiger partial charge in [0, 0.05) is 0 Å². The van der Waals surface area contributed by atoms with Crippen molar-refractivity contribution in [1.29, 1.82) is 0 Å². The van der Waals surface area contributed by atoms with E-state index in [9.17, 15) is 9.79 Å². The average Bonchev–Trinajstić information content (AvgIpc) is 2.18. The van der Waals surface area contributed by atoms with E-state index in [1.807, 2.05) is 13.8 Å². The molecule has 0 aromatic heterocycles. The molecule has 0 rings (SSSR count). The first kappa shape index (κ1) is 14.3. The van der Waals surface area contributed by atoms with Crippen LogP contribution in [-0.2, 0) is 0 Å². The van der Waals surface area contributed by atoms with Crippen LogP contribution >= 0.6 is 7.06 Å². The molecule has 0 atom stereocenters. The van der Waals surface area contributed by atoms with Gasteiger partial charge in [0.15, 0.2) is 0 Å². The summed E-state index contributed by atoms with van der Waals surface area (Å²) in [6.07, 6.45) is 7.61. The zero-order chi connectivity index (χ0) is 11.1. The van der Waals surface area contributed by atoms with Gasteiger partial charge >= 0.3 is 88.2 Å². The fourth-order valence-electron chi connectivity index (χ4n) is 1.62. The fraction of sp³-hybridized carbons (Fsp3) is 1.00. The molecule has 0 aliphatic heterocycles. The van der Waals surface area contributed by atoms with Gasteiger partial charge in [0.25, 0.3) is 0 Å². The summed E-state index contributed by atoms with van der Waals surface area (Å²) >= 11 is 0. The Morgan fingerprint density at radius 1 is 0.786 bits per heavy atom. The quantitative estimate of drug-likeness (QED) is 0.488. The van der Waals surface area contributed by atoms with Crippen LogP contribution in [0.5, 0.6) is 0 Å². The second-order valence-corrected chi connectivity index (χ2v) is 9.31. The van der Waals surface area contributed by atoms with E-state index >= 15 is 0 Å². The fourth-order valence-corrected chi connectivity index (χ4v) is 3.65. The van der Waals surface area contributed by atoms with E-state index in [0.717, 1.165) is 12.8 Å². The molecular formula is C11H27O2P. The van der Waals surface area contributed by atoms with Gasteiger partial charge in [0.1, 0.15) is 0 Å². The van der Waals surface area contributed by atoms with E-state index in [0.29, 0.717) is 18.5 Å². The molecule has 88 valence electrons. The minimum atomic E-state index is -3.22. The molecule has 2 nitrogen and oxygen atoms in total. The van der Waals surface area contributed by atoms with Gasteiger partial charge < -0.3 is 0 Å². The summed E-state index contributed by atoms with van der Waals surface area (Å²) in [5.74, 6) is 0. The molecule has 3 heteroatoms. The Hall–Kier alpha value is 0.350. The zero-order valence-electron chi connectivity index (χ0n) is 10.00. The molecule has 0 unspecified atom stereocenters. The molecule has 0 spiro atoms. The van der Waals surface area contributed by atoms with Gasteiger partial charge in [0.05, 0.1) is 0 Å². The van der Waals surface area contributed by atoms with E-state index in [4.69, 9.17) is 0 Å².